The van der Waals surface area contributed by atoms with Crippen molar-refractivity contribution in [3.63, 3.8) is 0 Å². The average Bonchev–Trinajstić information content (AvgIpc) is 2.40. The summed E-state index contributed by atoms with van der Waals surface area (Å²) in [6.45, 7) is 3.45. The fraction of sp³-hybridized carbons (Fsp3) is 0.500. The number of ether oxygens (including phenoxy) is 1. The number of aliphatic hydroxyl groups is 1. The van der Waals surface area contributed by atoms with Crippen LogP contribution in [0.15, 0.2) is 24.3 Å². The molecule has 1 saturated heterocycles. The third-order valence-corrected chi connectivity index (χ3v) is 3.17. The minimum atomic E-state index is -0.219. The van der Waals surface area contributed by atoms with E-state index in [9.17, 15) is 4.79 Å². The van der Waals surface area contributed by atoms with Gasteiger partial charge in [-0.1, -0.05) is 0 Å². The van der Waals surface area contributed by atoms with Gasteiger partial charge in [-0.05, 0) is 31.2 Å². The summed E-state index contributed by atoms with van der Waals surface area (Å²) in [5, 5.41) is 12.0. The molecule has 1 aromatic carbocycles. The standard InChI is InChI=1S/C14H21N3O3/c1-10-6-17(7-13(9-18)20-10)8-14(19)16-12-4-2-11(15)3-5-12/h2-5,10,13,18H,6-9,15H2,1H3,(H,16,19). The smallest absolute Gasteiger partial charge is 0.238 e. The number of carbonyl (C=O) groups excluding carboxylic acids is 1. The number of morpholine rings is 1. The predicted molar refractivity (Wildman–Crippen MR) is 77.3 cm³/mol. The van der Waals surface area contributed by atoms with Crippen molar-refractivity contribution in [3.8, 4) is 0 Å². The predicted octanol–water partition coefficient (Wildman–Crippen LogP) is 0.289. The van der Waals surface area contributed by atoms with E-state index in [1.807, 2.05) is 11.8 Å². The van der Waals surface area contributed by atoms with Gasteiger partial charge in [0.05, 0.1) is 25.4 Å². The fourth-order valence-corrected chi connectivity index (χ4v) is 2.34. The first kappa shape index (κ1) is 14.8. The molecule has 0 bridgehead atoms. The van der Waals surface area contributed by atoms with Gasteiger partial charge in [0, 0.05) is 24.5 Å². The van der Waals surface area contributed by atoms with Gasteiger partial charge in [-0.15, -0.1) is 0 Å². The SMILES string of the molecule is CC1CN(CC(=O)Nc2ccc(N)cc2)CC(CO)O1. The van der Waals surface area contributed by atoms with Crippen LogP contribution in [0, 0.1) is 0 Å². The van der Waals surface area contributed by atoms with E-state index in [0.717, 1.165) is 5.69 Å². The van der Waals surface area contributed by atoms with Gasteiger partial charge in [0.1, 0.15) is 0 Å². The Morgan fingerprint density at radius 3 is 2.80 bits per heavy atom. The van der Waals surface area contributed by atoms with Crippen LogP contribution in [0.1, 0.15) is 6.92 Å². The van der Waals surface area contributed by atoms with E-state index < -0.39 is 0 Å². The molecule has 1 fully saturated rings. The Kier molecular flexibility index (Phi) is 4.94. The maximum Gasteiger partial charge on any atom is 0.238 e. The highest BCUT2D eigenvalue weighted by Crippen LogP contribution is 2.12. The third kappa shape index (κ3) is 4.19. The van der Waals surface area contributed by atoms with Crippen molar-refractivity contribution in [2.24, 2.45) is 0 Å². The number of nitrogens with one attached hydrogen (secondary N) is 1. The van der Waals surface area contributed by atoms with Crippen LogP contribution in [0.2, 0.25) is 0 Å². The minimum absolute atomic E-state index is 0.0187. The number of aliphatic hydroxyl groups excluding tert-OH is 1. The van der Waals surface area contributed by atoms with Crippen molar-refractivity contribution in [1.82, 2.24) is 4.90 Å². The Balaban J connectivity index is 1.86. The van der Waals surface area contributed by atoms with Crippen LogP contribution in [0.5, 0.6) is 0 Å². The highest BCUT2D eigenvalue weighted by molar-refractivity contribution is 5.92. The molecule has 20 heavy (non-hydrogen) atoms. The summed E-state index contributed by atoms with van der Waals surface area (Å²) in [6, 6.07) is 7.03. The minimum Gasteiger partial charge on any atom is -0.399 e. The van der Waals surface area contributed by atoms with Crippen LogP contribution in [0.25, 0.3) is 0 Å². The highest BCUT2D eigenvalue weighted by atomic mass is 16.5. The van der Waals surface area contributed by atoms with Crippen LogP contribution in [0.3, 0.4) is 0 Å². The Labute approximate surface area is 118 Å². The number of benzene rings is 1. The Bertz CT molecular complexity index is 449. The summed E-state index contributed by atoms with van der Waals surface area (Å²) in [5.74, 6) is -0.0828. The molecule has 1 heterocycles. The van der Waals surface area contributed by atoms with Gasteiger partial charge in [-0.2, -0.15) is 0 Å². The molecule has 6 nitrogen and oxygen atoms in total. The van der Waals surface area contributed by atoms with Crippen LogP contribution in [0.4, 0.5) is 11.4 Å². The molecule has 0 spiro atoms. The Morgan fingerprint density at radius 2 is 2.15 bits per heavy atom. The number of amides is 1. The van der Waals surface area contributed by atoms with Gasteiger partial charge in [-0.3, -0.25) is 9.69 Å². The van der Waals surface area contributed by atoms with Crippen molar-refractivity contribution in [3.05, 3.63) is 24.3 Å². The fourth-order valence-electron chi connectivity index (χ4n) is 2.34. The molecule has 1 aliphatic heterocycles. The molecule has 6 heteroatoms. The molecule has 110 valence electrons. The summed E-state index contributed by atoms with van der Waals surface area (Å²) >= 11 is 0. The lowest BCUT2D eigenvalue weighted by molar-refractivity contribution is -0.124. The first-order valence-corrected chi connectivity index (χ1v) is 6.71. The van der Waals surface area contributed by atoms with Gasteiger partial charge >= 0.3 is 0 Å². The van der Waals surface area contributed by atoms with Crippen LogP contribution < -0.4 is 11.1 Å². The number of hydrogen-bond acceptors (Lipinski definition) is 5. The summed E-state index contributed by atoms with van der Waals surface area (Å²) in [7, 11) is 0. The number of rotatable bonds is 4. The van der Waals surface area contributed by atoms with E-state index in [-0.39, 0.29) is 31.3 Å². The van der Waals surface area contributed by atoms with Crippen LogP contribution in [-0.2, 0) is 9.53 Å². The average molecular weight is 279 g/mol. The lowest BCUT2D eigenvalue weighted by Gasteiger charge is -2.35. The summed E-state index contributed by atoms with van der Waals surface area (Å²) in [6.07, 6.45) is -0.201. The molecular formula is C14H21N3O3. The van der Waals surface area contributed by atoms with E-state index in [2.05, 4.69) is 5.32 Å². The first-order chi connectivity index (χ1) is 9.56. The molecule has 2 atom stereocenters. The zero-order chi connectivity index (χ0) is 14.5. The van der Waals surface area contributed by atoms with Crippen molar-refractivity contribution in [1.29, 1.82) is 0 Å². The maximum atomic E-state index is 12.0. The van der Waals surface area contributed by atoms with E-state index in [0.29, 0.717) is 18.8 Å². The molecule has 0 aliphatic carbocycles. The number of anilines is 2. The van der Waals surface area contributed by atoms with E-state index in [1.54, 1.807) is 24.3 Å². The molecule has 1 aromatic rings. The molecule has 1 aliphatic rings. The quantitative estimate of drug-likeness (QED) is 0.689. The zero-order valence-corrected chi connectivity index (χ0v) is 11.6. The maximum absolute atomic E-state index is 12.0. The summed E-state index contributed by atoms with van der Waals surface area (Å²) in [4.78, 5) is 14.0. The lowest BCUT2D eigenvalue weighted by atomic mass is 10.2. The second-order valence-electron chi connectivity index (χ2n) is 5.12. The van der Waals surface area contributed by atoms with Crippen molar-refractivity contribution in [2.75, 3.05) is 37.3 Å². The zero-order valence-electron chi connectivity index (χ0n) is 11.6. The second kappa shape index (κ2) is 6.69. The monoisotopic (exact) mass is 279 g/mol. The van der Waals surface area contributed by atoms with Crippen molar-refractivity contribution >= 4 is 17.3 Å². The molecule has 0 radical (unpaired) electrons. The van der Waals surface area contributed by atoms with E-state index in [1.165, 1.54) is 0 Å². The van der Waals surface area contributed by atoms with Crippen LogP contribution >= 0.6 is 0 Å². The molecule has 2 rings (SSSR count). The van der Waals surface area contributed by atoms with Crippen molar-refractivity contribution in [2.45, 2.75) is 19.1 Å². The van der Waals surface area contributed by atoms with Gasteiger partial charge in [-0.25, -0.2) is 0 Å². The molecule has 4 N–H and O–H groups in total. The summed E-state index contributed by atoms with van der Waals surface area (Å²) in [5.41, 5.74) is 6.98. The van der Waals surface area contributed by atoms with Gasteiger partial charge < -0.3 is 20.9 Å². The number of carbonyl (C=O) groups is 1. The first-order valence-electron chi connectivity index (χ1n) is 6.71. The molecule has 0 aromatic heterocycles. The Hall–Kier alpha value is -1.63. The number of nitrogens with two attached hydrogens (primary N) is 1. The van der Waals surface area contributed by atoms with E-state index >= 15 is 0 Å². The summed E-state index contributed by atoms with van der Waals surface area (Å²) < 4.78 is 5.54. The van der Waals surface area contributed by atoms with Crippen LogP contribution in [-0.4, -0.2) is 54.4 Å². The molecule has 1 amide bonds. The normalized spacial score (nSPS) is 23.5. The van der Waals surface area contributed by atoms with Gasteiger partial charge in [0.25, 0.3) is 0 Å². The molecular weight excluding hydrogens is 258 g/mol. The second-order valence-corrected chi connectivity index (χ2v) is 5.12. The topological polar surface area (TPSA) is 87.8 Å². The Morgan fingerprint density at radius 1 is 1.45 bits per heavy atom. The van der Waals surface area contributed by atoms with Crippen molar-refractivity contribution < 1.29 is 14.6 Å². The molecule has 0 saturated carbocycles. The number of nitrogen functional groups attached to an aromatic ring is 1. The highest BCUT2D eigenvalue weighted by Gasteiger charge is 2.25. The number of hydrogen-bond donors (Lipinski definition) is 3. The number of nitrogens with zero attached hydrogens (tertiary/aromatic N) is 1. The van der Waals surface area contributed by atoms with E-state index in [4.69, 9.17) is 15.6 Å². The lowest BCUT2D eigenvalue weighted by Crippen LogP contribution is -2.50. The van der Waals surface area contributed by atoms with Gasteiger partial charge in [0.15, 0.2) is 0 Å². The third-order valence-electron chi connectivity index (χ3n) is 3.17. The largest absolute Gasteiger partial charge is 0.399 e. The molecule has 2 unspecified atom stereocenters. The van der Waals surface area contributed by atoms with Gasteiger partial charge in [0.2, 0.25) is 5.91 Å².